The Morgan fingerprint density at radius 3 is 2.21 bits per heavy atom. The molecule has 0 aliphatic carbocycles. The van der Waals surface area contributed by atoms with Gasteiger partial charge in [0, 0.05) is 20.0 Å². The summed E-state index contributed by atoms with van der Waals surface area (Å²) in [4.78, 5) is 25.8. The molecule has 0 atom stereocenters. The van der Waals surface area contributed by atoms with Gasteiger partial charge in [-0.2, -0.15) is 13.2 Å². The van der Waals surface area contributed by atoms with Gasteiger partial charge < -0.3 is 4.90 Å². The fourth-order valence-corrected chi connectivity index (χ4v) is 1.80. The monoisotopic (exact) mass is 272 g/mol. The molecule has 4 nitrogen and oxygen atoms in total. The summed E-state index contributed by atoms with van der Waals surface area (Å²) >= 11 is 0. The standard InChI is InChI=1S/C12H11F3N2O2/c1-16-7-6-10(18)17(11(16)19)9-4-2-8(3-5-9)12(13,14)15/h2-5H,6-7H2,1H3. The molecule has 0 saturated carbocycles. The van der Waals surface area contributed by atoms with Crippen LogP contribution in [0.2, 0.25) is 0 Å². The first-order valence-electron chi connectivity index (χ1n) is 5.56. The van der Waals surface area contributed by atoms with E-state index in [1.54, 1.807) is 0 Å². The van der Waals surface area contributed by atoms with Crippen LogP contribution in [0.1, 0.15) is 12.0 Å². The molecule has 0 unspecified atom stereocenters. The van der Waals surface area contributed by atoms with Crippen LogP contribution in [-0.2, 0) is 11.0 Å². The third-order valence-electron chi connectivity index (χ3n) is 2.88. The Balaban J connectivity index is 2.31. The topological polar surface area (TPSA) is 40.6 Å². The van der Waals surface area contributed by atoms with Crippen LogP contribution >= 0.6 is 0 Å². The van der Waals surface area contributed by atoms with Crippen LogP contribution < -0.4 is 4.90 Å². The Labute approximate surface area is 107 Å². The maximum atomic E-state index is 12.4. The second-order valence-electron chi connectivity index (χ2n) is 4.23. The molecule has 0 N–H and O–H groups in total. The van der Waals surface area contributed by atoms with Gasteiger partial charge in [-0.3, -0.25) is 4.79 Å². The number of benzene rings is 1. The Morgan fingerprint density at radius 2 is 1.68 bits per heavy atom. The first-order valence-corrected chi connectivity index (χ1v) is 5.56. The van der Waals surface area contributed by atoms with Crippen molar-refractivity contribution in [3.63, 3.8) is 0 Å². The predicted molar refractivity (Wildman–Crippen MR) is 61.6 cm³/mol. The zero-order chi connectivity index (χ0) is 14.2. The van der Waals surface area contributed by atoms with E-state index in [1.165, 1.54) is 11.9 Å². The summed E-state index contributed by atoms with van der Waals surface area (Å²) in [6.45, 7) is 0.314. The second-order valence-corrected chi connectivity index (χ2v) is 4.23. The third kappa shape index (κ3) is 2.54. The molecule has 102 valence electrons. The molecule has 0 aromatic heterocycles. The lowest BCUT2D eigenvalue weighted by Gasteiger charge is -2.31. The van der Waals surface area contributed by atoms with E-state index >= 15 is 0 Å². The lowest BCUT2D eigenvalue weighted by molar-refractivity contribution is -0.137. The van der Waals surface area contributed by atoms with Gasteiger partial charge in [-0.15, -0.1) is 0 Å². The van der Waals surface area contributed by atoms with Gasteiger partial charge in [0.2, 0.25) is 5.91 Å². The Morgan fingerprint density at radius 1 is 1.11 bits per heavy atom. The largest absolute Gasteiger partial charge is 0.416 e. The van der Waals surface area contributed by atoms with Gasteiger partial charge in [0.05, 0.1) is 11.3 Å². The summed E-state index contributed by atoms with van der Waals surface area (Å²) < 4.78 is 37.3. The van der Waals surface area contributed by atoms with Gasteiger partial charge in [0.25, 0.3) is 0 Å². The number of rotatable bonds is 1. The van der Waals surface area contributed by atoms with Crippen LogP contribution in [0.15, 0.2) is 24.3 Å². The Hall–Kier alpha value is -2.05. The van der Waals surface area contributed by atoms with Crippen molar-refractivity contribution in [2.24, 2.45) is 0 Å². The number of hydrogen-bond donors (Lipinski definition) is 0. The van der Waals surface area contributed by atoms with Crippen molar-refractivity contribution in [3.05, 3.63) is 29.8 Å². The number of urea groups is 1. The Bertz CT molecular complexity index is 511. The third-order valence-corrected chi connectivity index (χ3v) is 2.88. The molecule has 1 heterocycles. The lowest BCUT2D eigenvalue weighted by atomic mass is 10.1. The minimum Gasteiger partial charge on any atom is -0.327 e. The van der Waals surface area contributed by atoms with Gasteiger partial charge in [-0.25, -0.2) is 9.69 Å². The predicted octanol–water partition coefficient (Wildman–Crippen LogP) is 2.49. The molecular formula is C12H11F3N2O2. The van der Waals surface area contributed by atoms with E-state index in [4.69, 9.17) is 0 Å². The summed E-state index contributed by atoms with van der Waals surface area (Å²) in [5, 5.41) is 0. The summed E-state index contributed by atoms with van der Waals surface area (Å²) in [6.07, 6.45) is -4.28. The average molecular weight is 272 g/mol. The number of carbonyl (C=O) groups excluding carboxylic acids is 2. The number of anilines is 1. The van der Waals surface area contributed by atoms with E-state index in [0.29, 0.717) is 6.54 Å². The van der Waals surface area contributed by atoms with E-state index in [-0.39, 0.29) is 12.1 Å². The van der Waals surface area contributed by atoms with Gasteiger partial charge in [-0.1, -0.05) is 0 Å². The molecule has 1 fully saturated rings. The molecule has 1 saturated heterocycles. The van der Waals surface area contributed by atoms with Gasteiger partial charge in [0.15, 0.2) is 0 Å². The number of alkyl halides is 3. The summed E-state index contributed by atoms with van der Waals surface area (Å²) in [6, 6.07) is 3.42. The highest BCUT2D eigenvalue weighted by molar-refractivity contribution is 6.15. The van der Waals surface area contributed by atoms with Gasteiger partial charge >= 0.3 is 12.2 Å². The molecule has 1 aliphatic rings. The van der Waals surface area contributed by atoms with Crippen molar-refractivity contribution in [2.45, 2.75) is 12.6 Å². The van der Waals surface area contributed by atoms with Crippen molar-refractivity contribution in [3.8, 4) is 0 Å². The molecule has 1 aromatic carbocycles. The summed E-state index contributed by atoms with van der Waals surface area (Å²) in [5.74, 6) is -0.414. The number of hydrogen-bond acceptors (Lipinski definition) is 2. The molecule has 0 radical (unpaired) electrons. The number of halogens is 3. The fraction of sp³-hybridized carbons (Fsp3) is 0.333. The van der Waals surface area contributed by atoms with E-state index in [1.807, 2.05) is 0 Å². The molecular weight excluding hydrogens is 261 g/mol. The van der Waals surface area contributed by atoms with E-state index in [2.05, 4.69) is 0 Å². The van der Waals surface area contributed by atoms with Crippen LogP contribution in [0.25, 0.3) is 0 Å². The van der Waals surface area contributed by atoms with E-state index in [9.17, 15) is 22.8 Å². The first kappa shape index (κ1) is 13.4. The fourth-order valence-electron chi connectivity index (χ4n) is 1.80. The highest BCUT2D eigenvalue weighted by Gasteiger charge is 2.33. The van der Waals surface area contributed by atoms with Crippen molar-refractivity contribution >= 4 is 17.6 Å². The van der Waals surface area contributed by atoms with E-state index in [0.717, 1.165) is 29.2 Å². The summed E-state index contributed by atoms with van der Waals surface area (Å²) in [5.41, 5.74) is -0.670. The van der Waals surface area contributed by atoms with Crippen molar-refractivity contribution in [1.29, 1.82) is 0 Å². The average Bonchev–Trinajstić information content (AvgIpc) is 2.34. The van der Waals surface area contributed by atoms with Crippen LogP contribution in [0.3, 0.4) is 0 Å². The van der Waals surface area contributed by atoms with Crippen molar-refractivity contribution < 1.29 is 22.8 Å². The zero-order valence-electron chi connectivity index (χ0n) is 10.1. The molecule has 1 aromatic rings. The molecule has 19 heavy (non-hydrogen) atoms. The highest BCUT2D eigenvalue weighted by Crippen LogP contribution is 2.31. The molecule has 0 spiro atoms. The first-order chi connectivity index (χ1) is 8.80. The number of carbonyl (C=O) groups is 2. The highest BCUT2D eigenvalue weighted by atomic mass is 19.4. The number of imide groups is 1. The SMILES string of the molecule is CN1CCC(=O)N(c2ccc(C(F)(F)F)cc2)C1=O. The van der Waals surface area contributed by atoms with Crippen molar-refractivity contribution in [2.75, 3.05) is 18.5 Å². The second kappa shape index (κ2) is 4.56. The van der Waals surface area contributed by atoms with Gasteiger partial charge in [-0.05, 0) is 24.3 Å². The van der Waals surface area contributed by atoms with Crippen LogP contribution in [0.4, 0.5) is 23.7 Å². The Kier molecular flexibility index (Phi) is 3.21. The molecule has 0 bridgehead atoms. The maximum absolute atomic E-state index is 12.4. The quantitative estimate of drug-likeness (QED) is 0.788. The number of nitrogens with zero attached hydrogens (tertiary/aromatic N) is 2. The smallest absolute Gasteiger partial charge is 0.327 e. The molecule has 1 aliphatic heterocycles. The zero-order valence-corrected chi connectivity index (χ0v) is 10.1. The minimum atomic E-state index is -4.44. The molecule has 3 amide bonds. The van der Waals surface area contributed by atoms with Crippen molar-refractivity contribution in [1.82, 2.24) is 4.90 Å². The van der Waals surface area contributed by atoms with Gasteiger partial charge in [0.1, 0.15) is 0 Å². The van der Waals surface area contributed by atoms with Crippen LogP contribution in [-0.4, -0.2) is 30.4 Å². The minimum absolute atomic E-state index is 0.148. The van der Waals surface area contributed by atoms with Crippen LogP contribution in [0.5, 0.6) is 0 Å². The van der Waals surface area contributed by atoms with E-state index < -0.39 is 23.7 Å². The molecule has 2 rings (SSSR count). The summed E-state index contributed by atoms with van der Waals surface area (Å²) in [7, 11) is 1.53. The maximum Gasteiger partial charge on any atom is 0.416 e. The molecule has 7 heteroatoms. The van der Waals surface area contributed by atoms with Crippen LogP contribution in [0, 0.1) is 0 Å². The normalized spacial score (nSPS) is 17.1. The lowest BCUT2D eigenvalue weighted by Crippen LogP contribution is -2.50. The number of amides is 3.